The summed E-state index contributed by atoms with van der Waals surface area (Å²) in [6.07, 6.45) is 1.34. The molecule has 5 nitrogen and oxygen atoms in total. The van der Waals surface area contributed by atoms with Gasteiger partial charge in [-0.25, -0.2) is 4.79 Å². The van der Waals surface area contributed by atoms with Gasteiger partial charge >= 0.3 is 6.03 Å². The molecule has 160 valence electrons. The summed E-state index contributed by atoms with van der Waals surface area (Å²) in [6.45, 7) is 4.01. The SMILES string of the molecule is CCc1ccc(NC(=O)NC(Cc2ccccc2)C(=O)NC(C)c2ccccc2)cc1. The van der Waals surface area contributed by atoms with E-state index in [0.29, 0.717) is 12.1 Å². The number of nitrogens with one attached hydrogen (secondary N) is 3. The van der Waals surface area contributed by atoms with Gasteiger partial charge in [0.1, 0.15) is 6.04 Å². The zero-order chi connectivity index (χ0) is 22.1. The van der Waals surface area contributed by atoms with E-state index in [0.717, 1.165) is 17.5 Å². The smallest absolute Gasteiger partial charge is 0.319 e. The molecule has 2 unspecified atom stereocenters. The summed E-state index contributed by atoms with van der Waals surface area (Å²) in [7, 11) is 0. The summed E-state index contributed by atoms with van der Waals surface area (Å²) in [5.41, 5.74) is 3.87. The van der Waals surface area contributed by atoms with Crippen molar-refractivity contribution >= 4 is 17.6 Å². The van der Waals surface area contributed by atoms with Crippen LogP contribution in [0.5, 0.6) is 0 Å². The van der Waals surface area contributed by atoms with Gasteiger partial charge in [-0.05, 0) is 42.2 Å². The van der Waals surface area contributed by atoms with Gasteiger partial charge in [-0.2, -0.15) is 0 Å². The fourth-order valence-electron chi connectivity index (χ4n) is 3.35. The van der Waals surface area contributed by atoms with E-state index in [9.17, 15) is 9.59 Å². The monoisotopic (exact) mass is 415 g/mol. The van der Waals surface area contributed by atoms with Gasteiger partial charge in [0, 0.05) is 12.1 Å². The maximum Gasteiger partial charge on any atom is 0.319 e. The highest BCUT2D eigenvalue weighted by molar-refractivity contribution is 5.94. The number of amides is 3. The zero-order valence-corrected chi connectivity index (χ0v) is 18.0. The molecule has 0 radical (unpaired) electrons. The lowest BCUT2D eigenvalue weighted by molar-refractivity contribution is -0.123. The molecule has 0 aromatic heterocycles. The van der Waals surface area contributed by atoms with Crippen LogP contribution in [-0.2, 0) is 17.6 Å². The standard InChI is InChI=1S/C26H29N3O2/c1-3-20-14-16-23(17-15-20)28-26(31)29-24(18-21-10-6-4-7-11-21)25(30)27-19(2)22-12-8-5-9-13-22/h4-17,19,24H,3,18H2,1-2H3,(H,27,30)(H2,28,29,31). The number of rotatable bonds is 8. The van der Waals surface area contributed by atoms with Gasteiger partial charge in [0.15, 0.2) is 0 Å². The molecule has 3 aromatic carbocycles. The summed E-state index contributed by atoms with van der Waals surface area (Å²) < 4.78 is 0. The molecular formula is C26H29N3O2. The van der Waals surface area contributed by atoms with Crippen LogP contribution in [0.2, 0.25) is 0 Å². The molecule has 0 aliphatic rings. The van der Waals surface area contributed by atoms with Crippen LogP contribution in [0.1, 0.15) is 36.6 Å². The third-order valence-corrected chi connectivity index (χ3v) is 5.18. The Morgan fingerprint density at radius 1 is 0.774 bits per heavy atom. The van der Waals surface area contributed by atoms with E-state index in [-0.39, 0.29) is 11.9 Å². The minimum Gasteiger partial charge on any atom is -0.348 e. The Balaban J connectivity index is 1.69. The molecule has 3 amide bonds. The summed E-state index contributed by atoms with van der Waals surface area (Å²) in [5.74, 6) is -0.225. The minimum absolute atomic E-state index is 0.168. The number of carbonyl (C=O) groups excluding carboxylic acids is 2. The second-order valence-corrected chi connectivity index (χ2v) is 7.53. The van der Waals surface area contributed by atoms with Gasteiger partial charge in [-0.15, -0.1) is 0 Å². The third-order valence-electron chi connectivity index (χ3n) is 5.18. The van der Waals surface area contributed by atoms with Crippen LogP contribution in [0.3, 0.4) is 0 Å². The van der Waals surface area contributed by atoms with Crippen molar-refractivity contribution in [3.63, 3.8) is 0 Å². The largest absolute Gasteiger partial charge is 0.348 e. The van der Waals surface area contributed by atoms with Gasteiger partial charge in [0.05, 0.1) is 6.04 Å². The molecule has 2 atom stereocenters. The lowest BCUT2D eigenvalue weighted by Gasteiger charge is -2.22. The first-order valence-electron chi connectivity index (χ1n) is 10.6. The van der Waals surface area contributed by atoms with E-state index in [4.69, 9.17) is 0 Å². The van der Waals surface area contributed by atoms with Crippen molar-refractivity contribution in [3.8, 4) is 0 Å². The van der Waals surface area contributed by atoms with Gasteiger partial charge in [-0.3, -0.25) is 4.79 Å². The lowest BCUT2D eigenvalue weighted by atomic mass is 10.0. The second kappa shape index (κ2) is 11.0. The Morgan fingerprint density at radius 3 is 2.00 bits per heavy atom. The highest BCUT2D eigenvalue weighted by atomic mass is 16.2. The normalized spacial score (nSPS) is 12.5. The average molecular weight is 416 g/mol. The maximum atomic E-state index is 13.0. The number of hydrogen-bond acceptors (Lipinski definition) is 2. The molecule has 3 aromatic rings. The third kappa shape index (κ3) is 6.71. The molecule has 3 rings (SSSR count). The van der Waals surface area contributed by atoms with Gasteiger partial charge in [0.2, 0.25) is 5.91 Å². The predicted molar refractivity (Wildman–Crippen MR) is 125 cm³/mol. The molecular weight excluding hydrogens is 386 g/mol. The molecule has 0 heterocycles. The van der Waals surface area contributed by atoms with Crippen LogP contribution in [0, 0.1) is 0 Å². The maximum absolute atomic E-state index is 13.0. The van der Waals surface area contributed by atoms with Crippen molar-refractivity contribution in [2.45, 2.75) is 38.8 Å². The van der Waals surface area contributed by atoms with Gasteiger partial charge in [-0.1, -0.05) is 79.7 Å². The van der Waals surface area contributed by atoms with Crippen molar-refractivity contribution in [2.24, 2.45) is 0 Å². The highest BCUT2D eigenvalue weighted by Crippen LogP contribution is 2.13. The molecule has 0 bridgehead atoms. The Bertz CT molecular complexity index is 973. The molecule has 0 spiro atoms. The summed E-state index contributed by atoms with van der Waals surface area (Å²) in [6, 6.07) is 25.8. The quantitative estimate of drug-likeness (QED) is 0.492. The molecule has 0 saturated carbocycles. The topological polar surface area (TPSA) is 70.2 Å². The van der Waals surface area contributed by atoms with Crippen LogP contribution in [-0.4, -0.2) is 18.0 Å². The number of anilines is 1. The molecule has 0 aliphatic carbocycles. The van der Waals surface area contributed by atoms with Crippen LogP contribution in [0.4, 0.5) is 10.5 Å². The van der Waals surface area contributed by atoms with E-state index in [1.807, 2.05) is 91.9 Å². The Morgan fingerprint density at radius 2 is 1.39 bits per heavy atom. The Labute approximate surface area is 183 Å². The zero-order valence-electron chi connectivity index (χ0n) is 18.0. The summed E-state index contributed by atoms with van der Waals surface area (Å²) in [5, 5.41) is 8.68. The van der Waals surface area contributed by atoms with Crippen molar-refractivity contribution in [1.29, 1.82) is 0 Å². The lowest BCUT2D eigenvalue weighted by Crippen LogP contribution is -2.49. The number of carbonyl (C=O) groups is 2. The van der Waals surface area contributed by atoms with Gasteiger partial charge < -0.3 is 16.0 Å². The van der Waals surface area contributed by atoms with Crippen LogP contribution in [0.15, 0.2) is 84.9 Å². The summed E-state index contributed by atoms with van der Waals surface area (Å²) in [4.78, 5) is 25.7. The van der Waals surface area contributed by atoms with Crippen molar-refractivity contribution < 1.29 is 9.59 Å². The van der Waals surface area contributed by atoms with Crippen LogP contribution < -0.4 is 16.0 Å². The van der Waals surface area contributed by atoms with Crippen LogP contribution >= 0.6 is 0 Å². The predicted octanol–water partition coefficient (Wildman–Crippen LogP) is 4.86. The first-order chi connectivity index (χ1) is 15.0. The Kier molecular flexibility index (Phi) is 7.82. The van der Waals surface area contributed by atoms with Crippen LogP contribution in [0.25, 0.3) is 0 Å². The summed E-state index contributed by atoms with van der Waals surface area (Å²) >= 11 is 0. The first kappa shape index (κ1) is 22.1. The first-order valence-corrected chi connectivity index (χ1v) is 10.6. The fourth-order valence-corrected chi connectivity index (χ4v) is 3.35. The number of urea groups is 1. The second-order valence-electron chi connectivity index (χ2n) is 7.53. The van der Waals surface area contributed by atoms with Crippen molar-refractivity contribution in [2.75, 3.05) is 5.32 Å². The molecule has 3 N–H and O–H groups in total. The highest BCUT2D eigenvalue weighted by Gasteiger charge is 2.23. The molecule has 5 heteroatoms. The average Bonchev–Trinajstić information content (AvgIpc) is 2.80. The number of aryl methyl sites for hydroxylation is 1. The number of hydrogen-bond donors (Lipinski definition) is 3. The van der Waals surface area contributed by atoms with E-state index in [2.05, 4.69) is 22.9 Å². The number of benzene rings is 3. The minimum atomic E-state index is -0.705. The van der Waals surface area contributed by atoms with E-state index in [1.54, 1.807) is 0 Å². The molecule has 0 saturated heterocycles. The van der Waals surface area contributed by atoms with E-state index < -0.39 is 12.1 Å². The van der Waals surface area contributed by atoms with Crippen molar-refractivity contribution in [1.82, 2.24) is 10.6 Å². The Hall–Kier alpha value is -3.60. The molecule has 0 aliphatic heterocycles. The fraction of sp³-hybridized carbons (Fsp3) is 0.231. The van der Waals surface area contributed by atoms with E-state index >= 15 is 0 Å². The molecule has 0 fully saturated rings. The molecule has 31 heavy (non-hydrogen) atoms. The van der Waals surface area contributed by atoms with Gasteiger partial charge in [0.25, 0.3) is 0 Å². The van der Waals surface area contributed by atoms with Crippen molar-refractivity contribution in [3.05, 3.63) is 102 Å². The van der Waals surface area contributed by atoms with E-state index in [1.165, 1.54) is 5.56 Å².